The number of fused-ring (bicyclic) bond motifs is 1. The molecule has 0 aliphatic carbocycles. The van der Waals surface area contributed by atoms with Crippen LogP contribution in [0.4, 0.5) is 0 Å². The molecule has 2 aromatic carbocycles. The molecule has 1 aliphatic rings. The Hall–Kier alpha value is -2.00. The van der Waals surface area contributed by atoms with Gasteiger partial charge in [-0.2, -0.15) is 0 Å². The third kappa shape index (κ3) is 3.03. The molecule has 0 fully saturated rings. The number of para-hydroxylation sites is 1. The summed E-state index contributed by atoms with van der Waals surface area (Å²) in [7, 11) is 0. The van der Waals surface area contributed by atoms with Gasteiger partial charge in [-0.3, -0.25) is 0 Å². The summed E-state index contributed by atoms with van der Waals surface area (Å²) < 4.78 is 11.6. The lowest BCUT2D eigenvalue weighted by atomic mass is 9.95. The van der Waals surface area contributed by atoms with Crippen LogP contribution in [0.3, 0.4) is 0 Å². The number of aliphatic hydroxyl groups excluding tert-OH is 1. The van der Waals surface area contributed by atoms with E-state index in [1.165, 1.54) is 0 Å². The van der Waals surface area contributed by atoms with Gasteiger partial charge in [0.15, 0.2) is 0 Å². The molecule has 0 radical (unpaired) electrons. The van der Waals surface area contributed by atoms with E-state index in [4.69, 9.17) is 9.47 Å². The Kier molecular flexibility index (Phi) is 4.11. The van der Waals surface area contributed by atoms with Crippen LogP contribution in [0.25, 0.3) is 0 Å². The van der Waals surface area contributed by atoms with E-state index in [9.17, 15) is 5.11 Å². The second-order valence-electron chi connectivity index (χ2n) is 5.31. The molecule has 3 nitrogen and oxygen atoms in total. The zero-order valence-corrected chi connectivity index (χ0v) is 12.2. The van der Waals surface area contributed by atoms with E-state index in [2.05, 4.69) is 6.92 Å². The number of hydrogen-bond donors (Lipinski definition) is 1. The quantitative estimate of drug-likeness (QED) is 0.921. The fraction of sp³-hybridized carbons (Fsp3) is 0.333. The zero-order chi connectivity index (χ0) is 14.7. The van der Waals surface area contributed by atoms with Gasteiger partial charge >= 0.3 is 0 Å². The lowest BCUT2D eigenvalue weighted by molar-refractivity contribution is 0.0657. The van der Waals surface area contributed by atoms with E-state index in [0.717, 1.165) is 35.7 Å². The molecule has 21 heavy (non-hydrogen) atoms. The van der Waals surface area contributed by atoms with Crippen molar-refractivity contribution < 1.29 is 14.6 Å². The minimum atomic E-state index is -0.476. The highest BCUT2D eigenvalue weighted by atomic mass is 16.5. The van der Waals surface area contributed by atoms with Crippen molar-refractivity contribution in [3.05, 3.63) is 59.7 Å². The summed E-state index contributed by atoms with van der Waals surface area (Å²) in [6.45, 7) is 2.81. The van der Waals surface area contributed by atoms with Gasteiger partial charge in [-0.05, 0) is 30.2 Å². The molecule has 0 bridgehead atoms. The van der Waals surface area contributed by atoms with Crippen LogP contribution in [0.15, 0.2) is 48.5 Å². The van der Waals surface area contributed by atoms with E-state index < -0.39 is 6.10 Å². The van der Waals surface area contributed by atoms with Gasteiger partial charge in [0.2, 0.25) is 0 Å². The summed E-state index contributed by atoms with van der Waals surface area (Å²) in [5, 5.41) is 10.3. The first kappa shape index (κ1) is 14.0. The van der Waals surface area contributed by atoms with Gasteiger partial charge in [-0.25, -0.2) is 0 Å². The van der Waals surface area contributed by atoms with Crippen LogP contribution in [0.1, 0.15) is 43.1 Å². The maximum Gasteiger partial charge on any atom is 0.127 e. The molecule has 2 atom stereocenters. The SMILES string of the molecule is CCCOc1ccc(C2C[C@H](O)c3ccccc3O2)cc1. The molecular formula is C18H20O3. The first-order chi connectivity index (χ1) is 10.3. The molecular weight excluding hydrogens is 264 g/mol. The van der Waals surface area contributed by atoms with Gasteiger partial charge < -0.3 is 14.6 Å². The van der Waals surface area contributed by atoms with Crippen LogP contribution in [-0.4, -0.2) is 11.7 Å². The van der Waals surface area contributed by atoms with Crippen molar-refractivity contribution in [2.75, 3.05) is 6.61 Å². The van der Waals surface area contributed by atoms with Crippen molar-refractivity contribution in [3.8, 4) is 11.5 Å². The second-order valence-corrected chi connectivity index (χ2v) is 5.31. The molecule has 0 spiro atoms. The second kappa shape index (κ2) is 6.19. The molecule has 3 rings (SSSR count). The smallest absolute Gasteiger partial charge is 0.127 e. The predicted octanol–water partition coefficient (Wildman–Crippen LogP) is 4.03. The molecule has 0 amide bonds. The number of benzene rings is 2. The van der Waals surface area contributed by atoms with E-state index >= 15 is 0 Å². The van der Waals surface area contributed by atoms with Crippen molar-refractivity contribution in [2.45, 2.75) is 32.0 Å². The summed E-state index contributed by atoms with van der Waals surface area (Å²) in [6, 6.07) is 15.6. The van der Waals surface area contributed by atoms with Crippen LogP contribution < -0.4 is 9.47 Å². The number of ether oxygens (including phenoxy) is 2. The van der Waals surface area contributed by atoms with Crippen LogP contribution in [-0.2, 0) is 0 Å². The summed E-state index contributed by atoms with van der Waals surface area (Å²) in [5.74, 6) is 1.64. The number of rotatable bonds is 4. The molecule has 0 saturated heterocycles. The van der Waals surface area contributed by atoms with E-state index in [0.29, 0.717) is 6.42 Å². The minimum absolute atomic E-state index is 0.116. The standard InChI is InChI=1S/C18H20O3/c1-2-11-20-14-9-7-13(8-10-14)18-12-16(19)15-5-3-4-6-17(15)21-18/h3-10,16,18-19H,2,11-12H2,1H3/t16-,18?/m0/s1. The fourth-order valence-corrected chi connectivity index (χ4v) is 2.60. The Bertz CT molecular complexity index is 592. The van der Waals surface area contributed by atoms with Gasteiger partial charge in [-0.1, -0.05) is 37.3 Å². The summed E-state index contributed by atoms with van der Waals surface area (Å²) in [5.41, 5.74) is 1.93. The van der Waals surface area contributed by atoms with Crippen LogP contribution in [0, 0.1) is 0 Å². The lowest BCUT2D eigenvalue weighted by Gasteiger charge is -2.29. The average Bonchev–Trinajstić information content (AvgIpc) is 2.53. The Morgan fingerprint density at radius 2 is 1.90 bits per heavy atom. The molecule has 1 N–H and O–H groups in total. The normalized spacial score (nSPS) is 20.5. The summed E-state index contributed by atoms with van der Waals surface area (Å²) in [6.07, 6.45) is 0.980. The van der Waals surface area contributed by atoms with Crippen molar-refractivity contribution in [3.63, 3.8) is 0 Å². The fourth-order valence-electron chi connectivity index (χ4n) is 2.60. The van der Waals surface area contributed by atoms with Gasteiger partial charge in [0.05, 0.1) is 12.7 Å². The van der Waals surface area contributed by atoms with Crippen LogP contribution in [0.5, 0.6) is 11.5 Å². The van der Waals surface area contributed by atoms with Gasteiger partial charge in [-0.15, -0.1) is 0 Å². The topological polar surface area (TPSA) is 38.7 Å². The maximum absolute atomic E-state index is 10.3. The minimum Gasteiger partial charge on any atom is -0.494 e. The Morgan fingerprint density at radius 1 is 1.14 bits per heavy atom. The van der Waals surface area contributed by atoms with Gasteiger partial charge in [0.25, 0.3) is 0 Å². The van der Waals surface area contributed by atoms with Crippen molar-refractivity contribution >= 4 is 0 Å². The molecule has 1 aliphatic heterocycles. The molecule has 0 aromatic heterocycles. The number of hydrogen-bond acceptors (Lipinski definition) is 3. The summed E-state index contributed by atoms with van der Waals surface area (Å²) >= 11 is 0. The van der Waals surface area contributed by atoms with Crippen LogP contribution >= 0.6 is 0 Å². The Balaban J connectivity index is 1.76. The summed E-state index contributed by atoms with van der Waals surface area (Å²) in [4.78, 5) is 0. The molecule has 3 heteroatoms. The van der Waals surface area contributed by atoms with Crippen molar-refractivity contribution in [2.24, 2.45) is 0 Å². The highest BCUT2D eigenvalue weighted by Crippen LogP contribution is 2.40. The highest BCUT2D eigenvalue weighted by molar-refractivity contribution is 5.39. The third-order valence-electron chi connectivity index (χ3n) is 3.71. The zero-order valence-electron chi connectivity index (χ0n) is 12.2. The monoisotopic (exact) mass is 284 g/mol. The van der Waals surface area contributed by atoms with E-state index in [1.54, 1.807) is 0 Å². The Labute approximate surface area is 125 Å². The highest BCUT2D eigenvalue weighted by Gasteiger charge is 2.27. The molecule has 1 unspecified atom stereocenters. The molecule has 1 heterocycles. The molecule has 2 aromatic rings. The van der Waals surface area contributed by atoms with E-state index in [1.807, 2.05) is 48.5 Å². The first-order valence-electron chi connectivity index (χ1n) is 7.44. The van der Waals surface area contributed by atoms with Crippen molar-refractivity contribution in [1.82, 2.24) is 0 Å². The average molecular weight is 284 g/mol. The largest absolute Gasteiger partial charge is 0.494 e. The first-order valence-corrected chi connectivity index (χ1v) is 7.44. The maximum atomic E-state index is 10.3. The number of aliphatic hydroxyl groups is 1. The molecule has 0 saturated carbocycles. The predicted molar refractivity (Wildman–Crippen MR) is 81.6 cm³/mol. The molecule has 110 valence electrons. The van der Waals surface area contributed by atoms with Crippen LogP contribution in [0.2, 0.25) is 0 Å². The Morgan fingerprint density at radius 3 is 2.67 bits per heavy atom. The van der Waals surface area contributed by atoms with Crippen molar-refractivity contribution in [1.29, 1.82) is 0 Å². The van der Waals surface area contributed by atoms with E-state index in [-0.39, 0.29) is 6.10 Å². The lowest BCUT2D eigenvalue weighted by Crippen LogP contribution is -2.18. The van der Waals surface area contributed by atoms with Gasteiger partial charge in [0, 0.05) is 12.0 Å². The third-order valence-corrected chi connectivity index (χ3v) is 3.71. The van der Waals surface area contributed by atoms with Gasteiger partial charge in [0.1, 0.15) is 17.6 Å².